The Hall–Kier alpha value is -0.460. The molecular formula is C14H18Cl2. The number of halogens is 2. The van der Waals surface area contributed by atoms with Crippen molar-refractivity contribution in [2.24, 2.45) is 0 Å². The zero-order chi connectivity index (χ0) is 12.0. The molecule has 0 saturated heterocycles. The second-order valence-corrected chi connectivity index (χ2v) is 4.79. The van der Waals surface area contributed by atoms with E-state index in [4.69, 9.17) is 23.2 Å². The fraction of sp³-hybridized carbons (Fsp3) is 0.429. The van der Waals surface area contributed by atoms with Crippen molar-refractivity contribution in [3.8, 4) is 0 Å². The lowest BCUT2D eigenvalue weighted by molar-refractivity contribution is 0.921. The molecule has 1 rings (SSSR count). The van der Waals surface area contributed by atoms with Crippen LogP contribution < -0.4 is 0 Å². The van der Waals surface area contributed by atoms with Crippen molar-refractivity contribution in [1.29, 1.82) is 0 Å². The van der Waals surface area contributed by atoms with E-state index in [0.717, 1.165) is 41.3 Å². The van der Waals surface area contributed by atoms with Crippen LogP contribution in [0.15, 0.2) is 29.3 Å². The lowest BCUT2D eigenvalue weighted by Gasteiger charge is -2.10. The van der Waals surface area contributed by atoms with Crippen molar-refractivity contribution >= 4 is 28.8 Å². The molecule has 0 atom stereocenters. The Morgan fingerprint density at radius 3 is 2.38 bits per heavy atom. The van der Waals surface area contributed by atoms with E-state index in [1.54, 1.807) is 0 Å². The van der Waals surface area contributed by atoms with Gasteiger partial charge in [-0.15, -0.1) is 0 Å². The molecule has 0 aliphatic heterocycles. The first-order valence-electron chi connectivity index (χ1n) is 5.82. The van der Waals surface area contributed by atoms with Crippen LogP contribution >= 0.6 is 23.2 Å². The van der Waals surface area contributed by atoms with Gasteiger partial charge in [0.1, 0.15) is 0 Å². The quantitative estimate of drug-likeness (QED) is 0.616. The molecule has 1 aromatic carbocycles. The minimum absolute atomic E-state index is 0.770. The number of hydrogen-bond donors (Lipinski definition) is 0. The summed E-state index contributed by atoms with van der Waals surface area (Å²) in [6.45, 7) is 4.31. The van der Waals surface area contributed by atoms with E-state index in [2.05, 4.69) is 19.9 Å². The summed E-state index contributed by atoms with van der Waals surface area (Å²) in [6.07, 6.45) is 4.14. The predicted molar refractivity (Wildman–Crippen MR) is 74.0 cm³/mol. The van der Waals surface area contributed by atoms with Crippen LogP contribution in [-0.2, 0) is 0 Å². The van der Waals surface area contributed by atoms with Gasteiger partial charge < -0.3 is 0 Å². The molecule has 0 radical (unpaired) electrons. The summed E-state index contributed by atoms with van der Waals surface area (Å²) in [5.41, 5.74) is 2.40. The largest absolute Gasteiger partial charge is 0.0888 e. The highest BCUT2D eigenvalue weighted by Crippen LogP contribution is 2.30. The molecule has 1 aromatic rings. The maximum atomic E-state index is 6.35. The topological polar surface area (TPSA) is 0 Å². The zero-order valence-corrected chi connectivity index (χ0v) is 11.4. The maximum Gasteiger partial charge on any atom is 0.0412 e. The fourth-order valence-electron chi connectivity index (χ4n) is 1.73. The summed E-state index contributed by atoms with van der Waals surface area (Å²) >= 11 is 12.4. The summed E-state index contributed by atoms with van der Waals surface area (Å²) < 4.78 is 0. The van der Waals surface area contributed by atoms with Crippen molar-refractivity contribution in [3.05, 3.63) is 39.9 Å². The molecule has 0 aliphatic rings. The fourth-order valence-corrected chi connectivity index (χ4v) is 2.32. The van der Waals surface area contributed by atoms with Crippen LogP contribution in [0.2, 0.25) is 5.02 Å². The van der Waals surface area contributed by atoms with Crippen molar-refractivity contribution in [1.82, 2.24) is 0 Å². The van der Waals surface area contributed by atoms with Crippen molar-refractivity contribution in [2.75, 3.05) is 0 Å². The molecule has 0 bridgehead atoms. The van der Waals surface area contributed by atoms with Crippen LogP contribution in [-0.4, -0.2) is 0 Å². The first-order valence-corrected chi connectivity index (χ1v) is 6.58. The molecule has 88 valence electrons. The highest BCUT2D eigenvalue weighted by atomic mass is 35.5. The van der Waals surface area contributed by atoms with E-state index in [9.17, 15) is 0 Å². The Morgan fingerprint density at radius 2 is 1.81 bits per heavy atom. The highest BCUT2D eigenvalue weighted by molar-refractivity contribution is 6.33. The minimum Gasteiger partial charge on any atom is -0.0888 e. The average molecular weight is 257 g/mol. The maximum absolute atomic E-state index is 6.35. The summed E-state index contributed by atoms with van der Waals surface area (Å²) in [6, 6.07) is 7.94. The van der Waals surface area contributed by atoms with Gasteiger partial charge >= 0.3 is 0 Å². The first kappa shape index (κ1) is 13.6. The van der Waals surface area contributed by atoms with Crippen LogP contribution in [0.1, 0.15) is 45.1 Å². The Kier molecular flexibility index (Phi) is 5.94. The van der Waals surface area contributed by atoms with Crippen LogP contribution in [0, 0.1) is 0 Å². The molecule has 0 heterocycles. The summed E-state index contributed by atoms with van der Waals surface area (Å²) in [7, 11) is 0. The standard InChI is InChI=1S/C14H18Cl2/c1-3-6-13(14(16)7-4-2)11-8-5-9-12(15)10-11/h5,8-10H,3-4,6-7H2,1-2H3/b14-13-. The van der Waals surface area contributed by atoms with E-state index in [-0.39, 0.29) is 0 Å². The Morgan fingerprint density at radius 1 is 1.12 bits per heavy atom. The van der Waals surface area contributed by atoms with Gasteiger partial charge in [0.15, 0.2) is 0 Å². The molecule has 0 amide bonds. The second-order valence-electron chi connectivity index (χ2n) is 3.89. The van der Waals surface area contributed by atoms with Gasteiger partial charge in [-0.3, -0.25) is 0 Å². The molecule has 0 unspecified atom stereocenters. The molecule has 16 heavy (non-hydrogen) atoms. The number of benzene rings is 1. The SMILES string of the molecule is CCC/C(Cl)=C(\CCC)c1cccc(Cl)c1. The Bertz CT molecular complexity index is 367. The normalized spacial score (nSPS) is 12.5. The summed E-state index contributed by atoms with van der Waals surface area (Å²) in [5, 5.41) is 1.75. The molecule has 0 saturated carbocycles. The summed E-state index contributed by atoms with van der Waals surface area (Å²) in [5.74, 6) is 0. The van der Waals surface area contributed by atoms with Gasteiger partial charge in [-0.25, -0.2) is 0 Å². The smallest absolute Gasteiger partial charge is 0.0412 e. The third-order valence-electron chi connectivity index (χ3n) is 2.47. The van der Waals surface area contributed by atoms with Gasteiger partial charge in [0, 0.05) is 10.1 Å². The molecule has 0 aromatic heterocycles. The molecule has 0 nitrogen and oxygen atoms in total. The monoisotopic (exact) mass is 256 g/mol. The summed E-state index contributed by atoms with van der Waals surface area (Å²) in [4.78, 5) is 0. The van der Waals surface area contributed by atoms with Crippen LogP contribution in [0.25, 0.3) is 5.57 Å². The van der Waals surface area contributed by atoms with Gasteiger partial charge in [-0.05, 0) is 36.1 Å². The predicted octanol–water partition coefficient (Wildman–Crippen LogP) is 5.89. The van der Waals surface area contributed by atoms with E-state index >= 15 is 0 Å². The zero-order valence-electron chi connectivity index (χ0n) is 9.89. The third kappa shape index (κ3) is 3.84. The highest BCUT2D eigenvalue weighted by Gasteiger charge is 2.06. The van der Waals surface area contributed by atoms with Crippen LogP contribution in [0.3, 0.4) is 0 Å². The lowest BCUT2D eigenvalue weighted by atomic mass is 10.00. The van der Waals surface area contributed by atoms with E-state index in [1.165, 1.54) is 5.57 Å². The minimum atomic E-state index is 0.770. The van der Waals surface area contributed by atoms with Crippen molar-refractivity contribution < 1.29 is 0 Å². The van der Waals surface area contributed by atoms with Gasteiger partial charge in [-0.1, -0.05) is 62.0 Å². The molecule has 0 aliphatic carbocycles. The number of rotatable bonds is 5. The van der Waals surface area contributed by atoms with Crippen molar-refractivity contribution in [3.63, 3.8) is 0 Å². The van der Waals surface area contributed by atoms with Gasteiger partial charge in [0.05, 0.1) is 0 Å². The first-order chi connectivity index (χ1) is 7.69. The third-order valence-corrected chi connectivity index (χ3v) is 3.12. The van der Waals surface area contributed by atoms with E-state index in [1.807, 2.05) is 18.2 Å². The lowest BCUT2D eigenvalue weighted by Crippen LogP contribution is -1.88. The van der Waals surface area contributed by atoms with Crippen LogP contribution in [0.4, 0.5) is 0 Å². The number of hydrogen-bond acceptors (Lipinski definition) is 0. The molecule has 0 spiro atoms. The van der Waals surface area contributed by atoms with Gasteiger partial charge in [0.2, 0.25) is 0 Å². The Balaban J connectivity index is 3.06. The molecule has 0 N–H and O–H groups in total. The van der Waals surface area contributed by atoms with Gasteiger partial charge in [-0.2, -0.15) is 0 Å². The molecule has 2 heteroatoms. The molecule has 0 fully saturated rings. The van der Waals surface area contributed by atoms with Crippen LogP contribution in [0.5, 0.6) is 0 Å². The van der Waals surface area contributed by atoms with Crippen molar-refractivity contribution in [2.45, 2.75) is 39.5 Å². The molecular weight excluding hydrogens is 239 g/mol. The second kappa shape index (κ2) is 6.98. The van der Waals surface area contributed by atoms with E-state index < -0.39 is 0 Å². The van der Waals surface area contributed by atoms with Gasteiger partial charge in [0.25, 0.3) is 0 Å². The average Bonchev–Trinajstić information content (AvgIpc) is 2.26. The Labute approximate surface area is 108 Å². The van der Waals surface area contributed by atoms with E-state index in [0.29, 0.717) is 0 Å². The number of allylic oxidation sites excluding steroid dienone is 2.